The van der Waals surface area contributed by atoms with Gasteiger partial charge in [-0.3, -0.25) is 9.59 Å². The fourth-order valence-electron chi connectivity index (χ4n) is 7.21. The van der Waals surface area contributed by atoms with Gasteiger partial charge in [-0.05, 0) is 87.1 Å². The minimum absolute atomic E-state index is 0.0576. The highest BCUT2D eigenvalue weighted by molar-refractivity contribution is 5.83. The van der Waals surface area contributed by atoms with Crippen LogP contribution in [-0.2, 0) is 14.3 Å². The molecule has 2 amide bonds. The summed E-state index contributed by atoms with van der Waals surface area (Å²) < 4.78 is 11.4. The van der Waals surface area contributed by atoms with Gasteiger partial charge in [-0.1, -0.05) is 30.0 Å². The van der Waals surface area contributed by atoms with Gasteiger partial charge in [0.05, 0.1) is 47.2 Å². The Morgan fingerprint density at radius 1 is 0.792 bits per heavy atom. The Morgan fingerprint density at radius 3 is 2.04 bits per heavy atom. The Hall–Kier alpha value is -5.14. The van der Waals surface area contributed by atoms with E-state index in [-0.39, 0.29) is 30.0 Å². The molecule has 5 heterocycles. The predicted octanol–water partition coefficient (Wildman–Crippen LogP) is 5.81. The molecule has 10 nitrogen and oxygen atoms in total. The molecule has 2 aromatic heterocycles. The number of aromatic nitrogens is 4. The number of benzene rings is 3. The van der Waals surface area contributed by atoms with Gasteiger partial charge in [-0.2, -0.15) is 0 Å². The number of H-pyrrole nitrogens is 2. The number of nitrogens with one attached hydrogen (secondary N) is 2. The molecule has 0 aliphatic carbocycles. The molecule has 10 heteroatoms. The molecule has 3 fully saturated rings. The lowest BCUT2D eigenvalue weighted by molar-refractivity contribution is -0.142. The van der Waals surface area contributed by atoms with Crippen LogP contribution in [0.4, 0.5) is 0 Å². The number of amides is 2. The highest BCUT2D eigenvalue weighted by Gasteiger charge is 2.37. The first kappa shape index (κ1) is 30.2. The largest absolute Gasteiger partial charge is 0.493 e. The number of ether oxygens (including phenoxy) is 2. The maximum Gasteiger partial charge on any atom is 0.252 e. The van der Waals surface area contributed by atoms with E-state index in [4.69, 9.17) is 19.4 Å². The van der Waals surface area contributed by atoms with E-state index in [1.807, 2.05) is 76.5 Å². The molecule has 0 bridgehead atoms. The number of likely N-dealkylation sites (tertiary alicyclic amines) is 2. The Balaban J connectivity index is 0.944. The second-order valence-corrected chi connectivity index (χ2v) is 12.8. The Morgan fingerprint density at radius 2 is 1.42 bits per heavy atom. The van der Waals surface area contributed by atoms with E-state index in [9.17, 15) is 9.59 Å². The third-order valence-electron chi connectivity index (χ3n) is 9.62. The molecule has 0 saturated carbocycles. The number of carbonyl (C=O) groups is 2. The van der Waals surface area contributed by atoms with Gasteiger partial charge in [0.15, 0.2) is 0 Å². The van der Waals surface area contributed by atoms with Crippen LogP contribution in [0.3, 0.4) is 0 Å². The van der Waals surface area contributed by atoms with Gasteiger partial charge in [0.25, 0.3) is 5.91 Å². The molecule has 3 saturated heterocycles. The summed E-state index contributed by atoms with van der Waals surface area (Å²) >= 11 is 0. The number of imidazole rings is 2. The highest BCUT2D eigenvalue weighted by atomic mass is 16.5. The SMILES string of the molecule is O=C(CCOc1ccccc1)N1CCC[C@H]1c1nc2ccc(C#Cc3ccc4nc([C@@H]5CCCN5C(=O)[C@H]5CCCO5)[nH]c4c3)cc2[nH]1. The lowest BCUT2D eigenvalue weighted by atomic mass is 10.1. The van der Waals surface area contributed by atoms with Crippen molar-refractivity contribution in [2.75, 3.05) is 26.3 Å². The topological polar surface area (TPSA) is 116 Å². The molecule has 2 N–H and O–H groups in total. The molecule has 0 spiro atoms. The van der Waals surface area contributed by atoms with Crippen LogP contribution in [0.25, 0.3) is 22.1 Å². The molecule has 244 valence electrons. The van der Waals surface area contributed by atoms with E-state index in [1.165, 1.54) is 0 Å². The molecule has 48 heavy (non-hydrogen) atoms. The van der Waals surface area contributed by atoms with E-state index >= 15 is 0 Å². The van der Waals surface area contributed by atoms with E-state index in [0.29, 0.717) is 19.6 Å². The van der Waals surface area contributed by atoms with Gasteiger partial charge >= 0.3 is 0 Å². The average Bonchev–Trinajstić information content (AvgIpc) is 3.95. The normalized spacial score (nSPS) is 20.8. The summed E-state index contributed by atoms with van der Waals surface area (Å²) in [5.41, 5.74) is 5.27. The second-order valence-electron chi connectivity index (χ2n) is 12.8. The Bertz CT molecular complexity index is 2020. The lowest BCUT2D eigenvalue weighted by Crippen LogP contribution is -2.38. The summed E-state index contributed by atoms with van der Waals surface area (Å²) in [6.45, 7) is 2.46. The van der Waals surface area contributed by atoms with Crippen molar-refractivity contribution in [3.63, 3.8) is 0 Å². The van der Waals surface area contributed by atoms with E-state index in [0.717, 1.165) is 102 Å². The summed E-state index contributed by atoms with van der Waals surface area (Å²) in [7, 11) is 0. The van der Waals surface area contributed by atoms with E-state index < -0.39 is 0 Å². The molecule has 3 aliphatic rings. The molecule has 5 aromatic rings. The van der Waals surface area contributed by atoms with Gasteiger partial charge in [-0.25, -0.2) is 9.97 Å². The Kier molecular flexibility index (Phi) is 8.29. The fourth-order valence-corrected chi connectivity index (χ4v) is 7.21. The fraction of sp³-hybridized carbons (Fsp3) is 0.368. The van der Waals surface area contributed by atoms with Crippen LogP contribution >= 0.6 is 0 Å². The zero-order valence-electron chi connectivity index (χ0n) is 26.8. The first-order chi connectivity index (χ1) is 23.6. The minimum Gasteiger partial charge on any atom is -0.493 e. The van der Waals surface area contributed by atoms with E-state index in [1.54, 1.807) is 0 Å². The number of nitrogens with zero attached hydrogens (tertiary/aromatic N) is 4. The van der Waals surface area contributed by atoms with Gasteiger partial charge in [0, 0.05) is 30.8 Å². The summed E-state index contributed by atoms with van der Waals surface area (Å²) in [6.07, 6.45) is 5.41. The molecule has 3 aliphatic heterocycles. The molecule has 8 rings (SSSR count). The van der Waals surface area contributed by atoms with Crippen molar-refractivity contribution in [3.05, 3.63) is 89.5 Å². The quantitative estimate of drug-likeness (QED) is 0.217. The highest BCUT2D eigenvalue weighted by Crippen LogP contribution is 2.34. The van der Waals surface area contributed by atoms with Crippen LogP contribution < -0.4 is 4.74 Å². The number of para-hydroxylation sites is 1. The number of aromatic amines is 2. The van der Waals surface area contributed by atoms with E-state index in [2.05, 4.69) is 21.8 Å². The standard InChI is InChI=1S/C38H38N6O4/c45-35(18-22-47-27-7-2-1-3-8-27)43-19-4-9-32(43)36-39-28-16-14-25(23-30(28)41-36)12-13-26-15-17-29-31(24-26)42-37(40-29)33-10-5-20-44(33)38(46)34-11-6-21-48-34/h1-3,7-8,14-17,23-24,32-34H,4-6,9-11,18-22H2,(H,39,41)(H,40,42)/t32-,33-,34+/m0/s1. The zero-order chi connectivity index (χ0) is 32.5. The predicted molar refractivity (Wildman–Crippen MR) is 181 cm³/mol. The monoisotopic (exact) mass is 642 g/mol. The third kappa shape index (κ3) is 6.14. The number of rotatable bonds is 7. The van der Waals surface area contributed by atoms with Crippen LogP contribution in [0.5, 0.6) is 5.75 Å². The van der Waals surface area contributed by atoms with Crippen molar-refractivity contribution < 1.29 is 19.1 Å². The maximum atomic E-state index is 13.1. The van der Waals surface area contributed by atoms with Gasteiger partial charge in [-0.15, -0.1) is 0 Å². The molecule has 3 aromatic carbocycles. The van der Waals surface area contributed by atoms with Crippen molar-refractivity contribution in [2.45, 2.75) is 63.1 Å². The zero-order valence-corrected chi connectivity index (χ0v) is 26.8. The van der Waals surface area contributed by atoms with Gasteiger partial charge in [0.2, 0.25) is 5.91 Å². The van der Waals surface area contributed by atoms with Crippen molar-refractivity contribution in [1.82, 2.24) is 29.7 Å². The number of hydrogen-bond acceptors (Lipinski definition) is 6. The smallest absolute Gasteiger partial charge is 0.252 e. The molecule has 3 atom stereocenters. The average molecular weight is 643 g/mol. The minimum atomic E-state index is -0.318. The van der Waals surface area contributed by atoms with Crippen LogP contribution in [0.1, 0.15) is 79.8 Å². The van der Waals surface area contributed by atoms with Crippen molar-refractivity contribution in [1.29, 1.82) is 0 Å². The van der Waals surface area contributed by atoms with Crippen LogP contribution in [0.15, 0.2) is 66.7 Å². The van der Waals surface area contributed by atoms with Gasteiger partial charge in [0.1, 0.15) is 23.5 Å². The van der Waals surface area contributed by atoms with Crippen LogP contribution in [0.2, 0.25) is 0 Å². The first-order valence-electron chi connectivity index (χ1n) is 17.0. The second kappa shape index (κ2) is 13.2. The molecule has 0 unspecified atom stereocenters. The van der Waals surface area contributed by atoms with Crippen LogP contribution in [0, 0.1) is 11.8 Å². The summed E-state index contributed by atoms with van der Waals surface area (Å²) in [5.74, 6) is 9.16. The third-order valence-corrected chi connectivity index (χ3v) is 9.62. The van der Waals surface area contributed by atoms with Gasteiger partial charge < -0.3 is 29.2 Å². The van der Waals surface area contributed by atoms with Crippen molar-refractivity contribution in [2.24, 2.45) is 0 Å². The summed E-state index contributed by atoms with van der Waals surface area (Å²) in [4.78, 5) is 46.7. The summed E-state index contributed by atoms with van der Waals surface area (Å²) in [5, 5.41) is 0. The van der Waals surface area contributed by atoms with Crippen molar-refractivity contribution in [3.8, 4) is 17.6 Å². The van der Waals surface area contributed by atoms with Crippen molar-refractivity contribution >= 4 is 33.9 Å². The molecular formula is C38H38N6O4. The Labute approximate surface area is 278 Å². The van der Waals surface area contributed by atoms with Crippen LogP contribution in [-0.4, -0.2) is 74.0 Å². The molecule has 0 radical (unpaired) electrons. The number of hydrogen-bond donors (Lipinski definition) is 2. The number of fused-ring (bicyclic) bond motifs is 2. The number of carbonyl (C=O) groups excluding carboxylic acids is 2. The molecular weight excluding hydrogens is 604 g/mol. The lowest BCUT2D eigenvalue weighted by Gasteiger charge is -2.25. The first-order valence-corrected chi connectivity index (χ1v) is 17.0. The maximum absolute atomic E-state index is 13.1. The summed E-state index contributed by atoms with van der Waals surface area (Å²) in [6, 6.07) is 21.4.